The highest BCUT2D eigenvalue weighted by atomic mass is 35.5. The summed E-state index contributed by atoms with van der Waals surface area (Å²) in [5.41, 5.74) is 9.92. The summed E-state index contributed by atoms with van der Waals surface area (Å²) in [5.74, 6) is -0.0989. The van der Waals surface area contributed by atoms with E-state index in [4.69, 9.17) is 16.2 Å². The fraction of sp³-hybridized carbons (Fsp3) is 0.818. The molecular formula is C11H22ClFN4O2. The average molecular weight is 297 g/mol. The molecule has 1 amide bonds. The zero-order chi connectivity index (χ0) is 13.9. The molecule has 6 nitrogen and oxygen atoms in total. The van der Waals surface area contributed by atoms with E-state index in [9.17, 15) is 9.18 Å². The lowest BCUT2D eigenvalue weighted by atomic mass is 10.1. The zero-order valence-electron chi connectivity index (χ0n) is 11.4. The molecule has 0 bridgehead atoms. The minimum Gasteiger partial charge on any atom is -0.444 e. The number of nitrogens with zero attached hydrogens (tertiary/aromatic N) is 2. The lowest BCUT2D eigenvalue weighted by molar-refractivity contribution is 0.0116. The van der Waals surface area contributed by atoms with Gasteiger partial charge in [0.05, 0.1) is 12.6 Å². The van der Waals surface area contributed by atoms with Crippen LogP contribution < -0.4 is 11.5 Å². The number of nitrogens with two attached hydrogens (primary N) is 2. The molecule has 0 aliphatic carbocycles. The largest absolute Gasteiger partial charge is 0.444 e. The van der Waals surface area contributed by atoms with Crippen molar-refractivity contribution in [2.24, 2.45) is 16.5 Å². The fourth-order valence-corrected chi connectivity index (χ4v) is 1.79. The van der Waals surface area contributed by atoms with Gasteiger partial charge in [-0.1, -0.05) is 0 Å². The van der Waals surface area contributed by atoms with Crippen LogP contribution in [0, 0.1) is 0 Å². The van der Waals surface area contributed by atoms with Crippen molar-refractivity contribution in [1.29, 1.82) is 0 Å². The number of rotatable bonds is 1. The number of amides is 1. The molecule has 0 radical (unpaired) electrons. The third-order valence-electron chi connectivity index (χ3n) is 2.36. The van der Waals surface area contributed by atoms with Crippen LogP contribution in [-0.2, 0) is 4.74 Å². The van der Waals surface area contributed by atoms with Crippen molar-refractivity contribution in [1.82, 2.24) is 4.90 Å². The van der Waals surface area contributed by atoms with E-state index in [0.717, 1.165) is 0 Å². The molecule has 1 saturated heterocycles. The molecule has 1 aliphatic heterocycles. The molecule has 0 unspecified atom stereocenters. The zero-order valence-corrected chi connectivity index (χ0v) is 12.2. The third kappa shape index (κ3) is 6.47. The normalized spacial score (nSPS) is 23.3. The second-order valence-corrected chi connectivity index (χ2v) is 5.43. The van der Waals surface area contributed by atoms with Gasteiger partial charge in [-0.05, 0) is 20.8 Å². The van der Waals surface area contributed by atoms with Crippen molar-refractivity contribution in [3.63, 3.8) is 0 Å². The minimum atomic E-state index is -1.14. The maximum atomic E-state index is 13.5. The van der Waals surface area contributed by atoms with E-state index >= 15 is 0 Å². The molecule has 112 valence electrons. The predicted molar refractivity (Wildman–Crippen MR) is 74.2 cm³/mol. The molecule has 19 heavy (non-hydrogen) atoms. The van der Waals surface area contributed by atoms with Crippen molar-refractivity contribution < 1.29 is 13.9 Å². The highest BCUT2D eigenvalue weighted by Gasteiger charge is 2.32. The predicted octanol–water partition coefficient (Wildman–Crippen LogP) is 1.03. The van der Waals surface area contributed by atoms with Crippen LogP contribution >= 0.6 is 12.4 Å². The lowest BCUT2D eigenvalue weighted by Crippen LogP contribution is -2.49. The van der Waals surface area contributed by atoms with Crippen LogP contribution in [0.4, 0.5) is 9.18 Å². The molecule has 0 aromatic heterocycles. The molecule has 0 saturated carbocycles. The first-order valence-corrected chi connectivity index (χ1v) is 5.88. The number of ether oxygens (including phenoxy) is 1. The van der Waals surface area contributed by atoms with E-state index in [2.05, 4.69) is 4.99 Å². The number of guanidine groups is 1. The molecule has 4 N–H and O–H groups in total. The Morgan fingerprint density at radius 2 is 1.95 bits per heavy atom. The molecule has 1 aliphatic rings. The van der Waals surface area contributed by atoms with E-state index in [1.807, 2.05) is 0 Å². The van der Waals surface area contributed by atoms with Crippen molar-refractivity contribution in [2.45, 2.75) is 45.0 Å². The highest BCUT2D eigenvalue weighted by Crippen LogP contribution is 2.19. The van der Waals surface area contributed by atoms with Crippen LogP contribution in [0.25, 0.3) is 0 Å². The summed E-state index contributed by atoms with van der Waals surface area (Å²) in [4.78, 5) is 17.0. The van der Waals surface area contributed by atoms with E-state index in [0.29, 0.717) is 0 Å². The van der Waals surface area contributed by atoms with Gasteiger partial charge in [0.25, 0.3) is 0 Å². The van der Waals surface area contributed by atoms with Gasteiger partial charge in [-0.3, -0.25) is 0 Å². The van der Waals surface area contributed by atoms with Crippen molar-refractivity contribution >= 4 is 24.5 Å². The number of aliphatic imine (C=N–C) groups is 1. The molecule has 1 heterocycles. The number of carbonyl (C=O) groups is 1. The Labute approximate surface area is 118 Å². The molecule has 0 spiro atoms. The monoisotopic (exact) mass is 296 g/mol. The smallest absolute Gasteiger partial charge is 0.410 e. The molecule has 0 aromatic carbocycles. The maximum Gasteiger partial charge on any atom is 0.410 e. The van der Waals surface area contributed by atoms with Crippen molar-refractivity contribution in [2.75, 3.05) is 13.1 Å². The number of carbonyl (C=O) groups excluding carboxylic acids is 1. The first kappa shape index (κ1) is 17.8. The second-order valence-electron chi connectivity index (χ2n) is 5.43. The molecule has 1 fully saturated rings. The standard InChI is InChI=1S/C11H21FN4O2.ClH/c1-11(2,3)18-10(17)16-5-7(12)4-8(6-16)15-9(13)14;/h7-8H,4-6H2,1-3H3,(H4,13,14,15);1H/t7-,8-;/m0./s1. The Morgan fingerprint density at radius 3 is 2.42 bits per heavy atom. The lowest BCUT2D eigenvalue weighted by Gasteiger charge is -2.34. The van der Waals surface area contributed by atoms with Crippen LogP contribution in [0.15, 0.2) is 4.99 Å². The van der Waals surface area contributed by atoms with Crippen LogP contribution in [0.2, 0.25) is 0 Å². The Kier molecular flexibility index (Phi) is 6.35. The first-order chi connectivity index (χ1) is 8.17. The Balaban J connectivity index is 0.00000324. The van der Waals surface area contributed by atoms with Crippen LogP contribution in [0.3, 0.4) is 0 Å². The van der Waals surface area contributed by atoms with E-state index in [-0.39, 0.29) is 37.9 Å². The number of hydrogen-bond donors (Lipinski definition) is 2. The van der Waals surface area contributed by atoms with E-state index in [1.54, 1.807) is 20.8 Å². The summed E-state index contributed by atoms with van der Waals surface area (Å²) >= 11 is 0. The summed E-state index contributed by atoms with van der Waals surface area (Å²) < 4.78 is 18.7. The second kappa shape index (κ2) is 6.79. The summed E-state index contributed by atoms with van der Waals surface area (Å²) in [6, 6.07) is -0.411. The molecule has 0 aromatic rings. The number of alkyl halides is 1. The molecular weight excluding hydrogens is 275 g/mol. The van der Waals surface area contributed by atoms with Gasteiger partial charge in [0.15, 0.2) is 5.96 Å². The third-order valence-corrected chi connectivity index (χ3v) is 2.36. The summed E-state index contributed by atoms with van der Waals surface area (Å²) in [5, 5.41) is 0. The summed E-state index contributed by atoms with van der Waals surface area (Å²) in [6.45, 7) is 5.57. The Hall–Kier alpha value is -1.24. The van der Waals surface area contributed by atoms with Crippen LogP contribution in [0.1, 0.15) is 27.2 Å². The van der Waals surface area contributed by atoms with Gasteiger partial charge in [0.2, 0.25) is 0 Å². The first-order valence-electron chi connectivity index (χ1n) is 5.88. The highest BCUT2D eigenvalue weighted by molar-refractivity contribution is 5.85. The summed E-state index contributed by atoms with van der Waals surface area (Å²) in [7, 11) is 0. The molecule has 1 rings (SSSR count). The number of likely N-dealkylation sites (tertiary alicyclic amines) is 1. The van der Waals surface area contributed by atoms with Gasteiger partial charge in [-0.25, -0.2) is 14.2 Å². The van der Waals surface area contributed by atoms with Gasteiger partial charge in [0, 0.05) is 13.0 Å². The Bertz CT molecular complexity index is 342. The van der Waals surface area contributed by atoms with Gasteiger partial charge >= 0.3 is 6.09 Å². The number of halogens is 2. The Morgan fingerprint density at radius 1 is 1.37 bits per heavy atom. The minimum absolute atomic E-state index is 0. The van der Waals surface area contributed by atoms with Crippen LogP contribution in [-0.4, -0.2) is 47.9 Å². The maximum absolute atomic E-state index is 13.5. The number of piperidine rings is 1. The summed E-state index contributed by atoms with van der Waals surface area (Å²) in [6.07, 6.45) is -1.46. The van der Waals surface area contributed by atoms with Gasteiger partial charge < -0.3 is 21.1 Å². The number of hydrogen-bond acceptors (Lipinski definition) is 3. The van der Waals surface area contributed by atoms with Crippen LogP contribution in [0.5, 0.6) is 0 Å². The molecule has 8 heteroatoms. The van der Waals surface area contributed by atoms with E-state index in [1.165, 1.54) is 4.90 Å². The van der Waals surface area contributed by atoms with Crippen molar-refractivity contribution in [3.8, 4) is 0 Å². The molecule has 2 atom stereocenters. The van der Waals surface area contributed by atoms with Gasteiger partial charge in [-0.15, -0.1) is 12.4 Å². The van der Waals surface area contributed by atoms with E-state index < -0.39 is 23.9 Å². The quantitative estimate of drug-likeness (QED) is 0.558. The average Bonchev–Trinajstić information content (AvgIpc) is 2.12. The van der Waals surface area contributed by atoms with Gasteiger partial charge in [-0.2, -0.15) is 0 Å². The van der Waals surface area contributed by atoms with Crippen molar-refractivity contribution in [3.05, 3.63) is 0 Å². The SMILES string of the molecule is CC(C)(C)OC(=O)N1C[C@@H](F)C[C@H](N=C(N)N)C1.Cl. The topological polar surface area (TPSA) is 93.9 Å². The van der Waals surface area contributed by atoms with Gasteiger partial charge in [0.1, 0.15) is 11.8 Å². The fourth-order valence-electron chi connectivity index (χ4n) is 1.79.